The van der Waals surface area contributed by atoms with Crippen LogP contribution < -0.4 is 18.9 Å². The fourth-order valence-corrected chi connectivity index (χ4v) is 7.84. The number of ether oxygens (including phenoxy) is 4. The third-order valence-corrected chi connectivity index (χ3v) is 12.4. The number of benzene rings is 10. The van der Waals surface area contributed by atoms with Gasteiger partial charge in [0.1, 0.15) is 46.0 Å². The summed E-state index contributed by atoms with van der Waals surface area (Å²) in [7, 11) is 14.8. The molecule has 0 atom stereocenters. The van der Waals surface area contributed by atoms with Gasteiger partial charge in [-0.1, -0.05) is 85.8 Å². The molecule has 0 amide bonds. The minimum atomic E-state index is -1.72. The van der Waals surface area contributed by atoms with Crippen molar-refractivity contribution in [1.29, 1.82) is 0 Å². The molecule has 0 aromatic heterocycles. The van der Waals surface area contributed by atoms with E-state index in [1.807, 2.05) is 91.9 Å². The van der Waals surface area contributed by atoms with Gasteiger partial charge in [-0.3, -0.25) is 28.8 Å². The van der Waals surface area contributed by atoms with Gasteiger partial charge in [0.25, 0.3) is 10.5 Å². The van der Waals surface area contributed by atoms with Gasteiger partial charge in [-0.15, -0.1) is 0 Å². The van der Waals surface area contributed by atoms with Gasteiger partial charge in [0.2, 0.25) is 0 Å². The van der Waals surface area contributed by atoms with Crippen LogP contribution in [0.15, 0.2) is 255 Å². The number of aryl methyl sites for hydroxylation is 1. The Morgan fingerprint density at radius 2 is 0.459 bits per heavy atom. The maximum absolute atomic E-state index is 13.0. The summed E-state index contributed by atoms with van der Waals surface area (Å²) in [5.74, 6) is 5.09. The van der Waals surface area contributed by atoms with Crippen LogP contribution in [0.3, 0.4) is 0 Å². The van der Waals surface area contributed by atoms with E-state index in [-0.39, 0.29) is 30.6 Å². The molecule has 10 nitrogen and oxygen atoms in total. The Hall–Kier alpha value is -8.60. The van der Waals surface area contributed by atoms with E-state index in [1.165, 1.54) is 31.2 Å². The molecule has 10 rings (SSSR count). The molecule has 0 radical (unpaired) electrons. The second kappa shape index (κ2) is 33.0. The third kappa shape index (κ3) is 20.9. The average molecular weight is 1250 g/mol. The van der Waals surface area contributed by atoms with Gasteiger partial charge in [-0.25, -0.2) is 30.1 Å². The minimum absolute atomic E-state index is 0. The minimum Gasteiger partial charge on any atom is -0.457 e. The quantitative estimate of drug-likeness (QED) is 0.0492. The van der Waals surface area contributed by atoms with Crippen LogP contribution >= 0.6 is 53.3 Å². The van der Waals surface area contributed by atoms with Crippen LogP contribution in [-0.4, -0.2) is 45.0 Å². The van der Waals surface area contributed by atoms with Crippen molar-refractivity contribution in [2.75, 3.05) is 0 Å². The molecule has 0 fully saturated rings. The van der Waals surface area contributed by atoms with Crippen molar-refractivity contribution in [3.63, 3.8) is 0 Å². The zero-order valence-corrected chi connectivity index (χ0v) is 49.7. The summed E-state index contributed by atoms with van der Waals surface area (Å²) in [5, 5.41) is -1.10. The van der Waals surface area contributed by atoms with Crippen LogP contribution in [-0.2, 0) is 0 Å². The standard InChI is InChI=1S/C35H26O5.C25H18O3.C8H4Cl2O2.CH4.Al.3ClH/c1-23-3-15-30(16-4-23)39-31-17-11-28(12-18-31)35(38)29-13-21-33(22-14-29)40-32-19-9-27(10-20-32)34(37)26-7-5-25(6-8-26)24(2)36;26-25(19-11-15-23(16-12-19)27-21-7-3-1-4-8-21)20-13-17-24(18-14-20)28-22-9-5-2-6-10-22;9-7(11)5-1-2-6(4-3-5)8(10)12;;;;;/h3-22H,1-2H3;1-18H;1-4H;1H4;;3*1H/q;;;;+3;;;/p-3. The maximum Gasteiger partial charge on any atom is 0.643 e. The van der Waals surface area contributed by atoms with Crippen molar-refractivity contribution in [3.8, 4) is 46.0 Å². The summed E-state index contributed by atoms with van der Waals surface area (Å²) >= 11 is 8.63. The maximum atomic E-state index is 13.0. The Morgan fingerprint density at radius 1 is 0.282 bits per heavy atom. The van der Waals surface area contributed by atoms with Gasteiger partial charge < -0.3 is 18.9 Å². The molecule has 426 valence electrons. The Kier molecular flexibility index (Phi) is 25.5. The molecule has 10 aromatic carbocycles. The first kappa shape index (κ1) is 65.6. The second-order valence-electron chi connectivity index (χ2n) is 18.0. The SMILES string of the molecule is C.CC(=O)c1ccc(C(=O)c2ccc(Oc3ccc(C(=O)c4ccc(Oc5ccc(C)cc5)cc4)cc3)cc2)cc1.O=C(Cl)c1ccc(C(=O)Cl)cc1.O=C(c1ccc(Oc2ccccc2)cc1)c1ccc(Oc2ccccc2)cc1.[Cl][Al]([Cl])[Cl]. The Labute approximate surface area is 520 Å². The van der Waals surface area contributed by atoms with E-state index < -0.39 is 21.9 Å². The van der Waals surface area contributed by atoms with Crippen molar-refractivity contribution >= 4 is 98.4 Å². The first-order chi connectivity index (χ1) is 40.5. The van der Waals surface area contributed by atoms with Crippen LogP contribution in [0.4, 0.5) is 0 Å². The highest BCUT2D eigenvalue weighted by molar-refractivity contribution is 7.54. The number of hydrogen-bond donors (Lipinski definition) is 0. The Bertz CT molecular complexity index is 3670. The van der Waals surface area contributed by atoms with Crippen LogP contribution in [0.1, 0.15) is 98.8 Å². The predicted molar refractivity (Wildman–Crippen MR) is 340 cm³/mol. The molecule has 10 aromatic rings. The molecule has 0 N–H and O–H groups in total. The van der Waals surface area contributed by atoms with Crippen molar-refractivity contribution in [3.05, 3.63) is 310 Å². The highest BCUT2D eigenvalue weighted by Crippen LogP contribution is 2.28. The van der Waals surface area contributed by atoms with E-state index in [1.54, 1.807) is 146 Å². The molecule has 0 heterocycles. The van der Waals surface area contributed by atoms with Gasteiger partial charge in [0.05, 0.1) is 0 Å². The van der Waals surface area contributed by atoms with Gasteiger partial charge >= 0.3 is 11.4 Å². The molecule has 0 bridgehead atoms. The van der Waals surface area contributed by atoms with Gasteiger partial charge in [-0.2, -0.15) is 0 Å². The molecule has 0 saturated heterocycles. The number of carbonyl (C=O) groups excluding carboxylic acids is 6. The van der Waals surface area contributed by atoms with Gasteiger partial charge in [-0.05, 0) is 219 Å². The predicted octanol–water partition coefficient (Wildman–Crippen LogP) is 19.5. The molecule has 0 aliphatic heterocycles. The van der Waals surface area contributed by atoms with Crippen LogP contribution in [0.5, 0.6) is 46.0 Å². The van der Waals surface area contributed by atoms with Crippen LogP contribution in [0.2, 0.25) is 0 Å². The number of rotatable bonds is 17. The molecule has 0 aliphatic rings. The van der Waals surface area contributed by atoms with Crippen LogP contribution in [0.25, 0.3) is 0 Å². The Balaban J connectivity index is 0.000000222. The van der Waals surface area contributed by atoms with Gasteiger partial charge in [0.15, 0.2) is 23.1 Å². The molecular weight excluding hydrogens is 1190 g/mol. The molecule has 85 heavy (non-hydrogen) atoms. The summed E-state index contributed by atoms with van der Waals surface area (Å²) in [4.78, 5) is 71.0. The highest BCUT2D eigenvalue weighted by Gasteiger charge is 2.14. The topological polar surface area (TPSA) is 139 Å². The molecule has 0 unspecified atom stereocenters. The largest absolute Gasteiger partial charge is 0.643 e. The van der Waals surface area contributed by atoms with Crippen molar-refractivity contribution in [1.82, 2.24) is 0 Å². The van der Waals surface area contributed by atoms with E-state index in [0.717, 1.165) is 22.8 Å². The van der Waals surface area contributed by atoms with E-state index in [4.69, 9.17) is 72.3 Å². The molecule has 0 spiro atoms. The summed E-state index contributed by atoms with van der Waals surface area (Å²) < 4.78 is 23.3. The second-order valence-corrected chi connectivity index (χ2v) is 25.1. The zero-order valence-electron chi connectivity index (χ0n) is 44.8. The first-order valence-corrected chi connectivity index (χ1v) is 31.5. The molecule has 0 aliphatic carbocycles. The zero-order chi connectivity index (χ0) is 60.0. The van der Waals surface area contributed by atoms with E-state index >= 15 is 0 Å². The first-order valence-electron chi connectivity index (χ1n) is 25.5. The fraction of sp³-hybridized carbons (Fsp3) is 0.0435. The molecule has 16 heteroatoms. The number of hydrogen-bond acceptors (Lipinski definition) is 10. The highest BCUT2D eigenvalue weighted by atomic mass is 35.8. The van der Waals surface area contributed by atoms with Crippen LogP contribution in [0, 0.1) is 6.92 Å². The van der Waals surface area contributed by atoms with Gasteiger partial charge in [0, 0.05) is 50.1 Å². The Morgan fingerprint density at radius 3 is 0.671 bits per heavy atom. The monoisotopic (exact) mass is 1240 g/mol. The van der Waals surface area contributed by atoms with E-state index in [2.05, 4.69) is 0 Å². The third-order valence-electron chi connectivity index (χ3n) is 11.9. The lowest BCUT2D eigenvalue weighted by Gasteiger charge is -2.09. The number of halogens is 5. The summed E-state index contributed by atoms with van der Waals surface area (Å²) in [6.07, 6.45) is 0. The smallest absolute Gasteiger partial charge is 0.457 e. The number of ketones is 4. The van der Waals surface area contributed by atoms with Crippen molar-refractivity contribution in [2.24, 2.45) is 0 Å². The fourth-order valence-electron chi connectivity index (χ4n) is 7.59. The number of carbonyl (C=O) groups is 6. The lowest BCUT2D eigenvalue weighted by molar-refractivity contribution is 0.101. The average Bonchev–Trinajstić information content (AvgIpc) is 3.68. The molecule has 0 saturated carbocycles. The van der Waals surface area contributed by atoms with E-state index in [9.17, 15) is 28.8 Å². The number of para-hydroxylation sites is 2. The van der Waals surface area contributed by atoms with Crippen molar-refractivity contribution < 1.29 is 47.7 Å². The summed E-state index contributed by atoms with van der Waals surface area (Å²) in [6.45, 7) is 3.51. The van der Waals surface area contributed by atoms with Crippen molar-refractivity contribution in [2.45, 2.75) is 21.3 Å². The molecular formula is C69H52AlCl5O10. The number of Topliss-reactive ketones (excluding diaryl/α,β-unsaturated/α-hetero) is 1. The lowest BCUT2D eigenvalue weighted by atomic mass is 10.0. The summed E-state index contributed by atoms with van der Waals surface area (Å²) in [5.41, 5.74) is 5.74. The summed E-state index contributed by atoms with van der Waals surface area (Å²) in [6, 6.07) is 74.3. The lowest BCUT2D eigenvalue weighted by Crippen LogP contribution is -2.02. The normalized spacial score (nSPS) is 10.0. The van der Waals surface area contributed by atoms with E-state index in [0.29, 0.717) is 78.8 Å².